The van der Waals surface area contributed by atoms with Gasteiger partial charge in [-0.1, -0.05) is 26.0 Å². The van der Waals surface area contributed by atoms with Gasteiger partial charge in [-0.05, 0) is 43.9 Å². The lowest BCUT2D eigenvalue weighted by Crippen LogP contribution is -2.34. The van der Waals surface area contributed by atoms with Crippen molar-refractivity contribution < 1.29 is 0 Å². The van der Waals surface area contributed by atoms with Crippen molar-refractivity contribution >= 4 is 5.69 Å². The first-order valence-electron chi connectivity index (χ1n) is 5.71. The Balaban J connectivity index is 2.81. The molecular formula is C14H20N2. The summed E-state index contributed by atoms with van der Waals surface area (Å²) in [6.45, 7) is 8.27. The number of aryl methyl sites for hydroxylation is 1. The molecule has 0 fully saturated rings. The van der Waals surface area contributed by atoms with Gasteiger partial charge < -0.3 is 5.32 Å². The fraction of sp³-hybridized carbons (Fsp3) is 0.500. The van der Waals surface area contributed by atoms with Gasteiger partial charge in [0, 0.05) is 5.69 Å². The summed E-state index contributed by atoms with van der Waals surface area (Å²) < 4.78 is 0. The smallest absolute Gasteiger partial charge is 0.122 e. The number of benzene rings is 1. The van der Waals surface area contributed by atoms with Gasteiger partial charge in [0.2, 0.25) is 0 Å². The Kier molecular flexibility index (Phi) is 3.95. The molecule has 1 rings (SSSR count). The topological polar surface area (TPSA) is 35.8 Å². The molecule has 86 valence electrons. The maximum Gasteiger partial charge on any atom is 0.122 e. The summed E-state index contributed by atoms with van der Waals surface area (Å²) >= 11 is 0. The molecule has 2 nitrogen and oxygen atoms in total. The van der Waals surface area contributed by atoms with Crippen LogP contribution in [0.2, 0.25) is 0 Å². The fourth-order valence-electron chi connectivity index (χ4n) is 1.98. The quantitative estimate of drug-likeness (QED) is 0.832. The van der Waals surface area contributed by atoms with E-state index in [1.165, 1.54) is 5.56 Å². The minimum absolute atomic E-state index is 0.484. The molecular weight excluding hydrogens is 196 g/mol. The van der Waals surface area contributed by atoms with E-state index in [1.54, 1.807) is 0 Å². The molecule has 0 spiro atoms. The zero-order valence-electron chi connectivity index (χ0n) is 10.5. The molecule has 0 bridgehead atoms. The highest BCUT2D eigenvalue weighted by molar-refractivity contribution is 5.49. The fourth-order valence-corrected chi connectivity index (χ4v) is 1.98. The van der Waals surface area contributed by atoms with Gasteiger partial charge in [0.1, 0.15) is 5.54 Å². The Morgan fingerprint density at radius 1 is 1.44 bits per heavy atom. The summed E-state index contributed by atoms with van der Waals surface area (Å²) in [5, 5.41) is 12.6. The summed E-state index contributed by atoms with van der Waals surface area (Å²) in [5.74, 6) is 0.502. The zero-order chi connectivity index (χ0) is 12.2. The minimum atomic E-state index is -0.484. The molecule has 0 aliphatic rings. The lowest BCUT2D eigenvalue weighted by atomic mass is 9.92. The predicted molar refractivity (Wildman–Crippen MR) is 68.3 cm³/mol. The Hall–Kier alpha value is -1.49. The first-order valence-corrected chi connectivity index (χ1v) is 5.71. The lowest BCUT2D eigenvalue weighted by molar-refractivity contribution is 0.474. The Labute approximate surface area is 98.3 Å². The zero-order valence-corrected chi connectivity index (χ0v) is 10.5. The molecule has 0 aromatic heterocycles. The van der Waals surface area contributed by atoms with Gasteiger partial charge in [0.05, 0.1) is 6.07 Å². The number of anilines is 1. The van der Waals surface area contributed by atoms with Gasteiger partial charge >= 0.3 is 0 Å². The monoisotopic (exact) mass is 216 g/mol. The molecule has 0 saturated carbocycles. The number of nitriles is 1. The molecule has 1 unspecified atom stereocenters. The van der Waals surface area contributed by atoms with Crippen LogP contribution in [0.5, 0.6) is 0 Å². The third-order valence-corrected chi connectivity index (χ3v) is 2.50. The lowest BCUT2D eigenvalue weighted by Gasteiger charge is -2.26. The molecule has 1 aromatic carbocycles. The number of rotatable bonds is 4. The standard InChI is InChI=1S/C14H20N2/c1-11(2)9-14(4,10-15)16-13-7-5-6-12(3)8-13/h5-8,11,16H,9H2,1-4H3. The highest BCUT2D eigenvalue weighted by atomic mass is 15.0. The highest BCUT2D eigenvalue weighted by Gasteiger charge is 2.24. The van der Waals surface area contributed by atoms with E-state index in [-0.39, 0.29) is 0 Å². The van der Waals surface area contributed by atoms with Crippen LogP contribution in [0.25, 0.3) is 0 Å². The number of hydrogen-bond acceptors (Lipinski definition) is 2. The van der Waals surface area contributed by atoms with E-state index in [2.05, 4.69) is 44.3 Å². The second kappa shape index (κ2) is 5.03. The molecule has 0 amide bonds. The van der Waals surface area contributed by atoms with E-state index in [1.807, 2.05) is 19.1 Å². The molecule has 1 N–H and O–H groups in total. The van der Waals surface area contributed by atoms with E-state index >= 15 is 0 Å². The van der Waals surface area contributed by atoms with Crippen LogP contribution in [0, 0.1) is 24.2 Å². The van der Waals surface area contributed by atoms with Gasteiger partial charge in [-0.25, -0.2) is 0 Å². The van der Waals surface area contributed by atoms with Crippen molar-refractivity contribution in [1.29, 1.82) is 5.26 Å². The summed E-state index contributed by atoms with van der Waals surface area (Å²) in [7, 11) is 0. The third-order valence-electron chi connectivity index (χ3n) is 2.50. The van der Waals surface area contributed by atoms with Crippen molar-refractivity contribution in [3.05, 3.63) is 29.8 Å². The average Bonchev–Trinajstić information content (AvgIpc) is 2.16. The van der Waals surface area contributed by atoms with Crippen LogP contribution in [-0.4, -0.2) is 5.54 Å². The summed E-state index contributed by atoms with van der Waals surface area (Å²) in [6, 6.07) is 10.5. The average molecular weight is 216 g/mol. The highest BCUT2D eigenvalue weighted by Crippen LogP contribution is 2.22. The van der Waals surface area contributed by atoms with E-state index in [0.29, 0.717) is 5.92 Å². The second-order valence-corrected chi connectivity index (χ2v) is 5.04. The number of hydrogen-bond donors (Lipinski definition) is 1. The van der Waals surface area contributed by atoms with Crippen molar-refractivity contribution in [2.24, 2.45) is 5.92 Å². The maximum absolute atomic E-state index is 9.25. The van der Waals surface area contributed by atoms with Crippen LogP contribution < -0.4 is 5.32 Å². The van der Waals surface area contributed by atoms with Crippen molar-refractivity contribution in [3.63, 3.8) is 0 Å². The normalized spacial score (nSPS) is 14.2. The minimum Gasteiger partial charge on any atom is -0.368 e. The molecule has 0 saturated heterocycles. The second-order valence-electron chi connectivity index (χ2n) is 5.04. The summed E-state index contributed by atoms with van der Waals surface area (Å²) in [6.07, 6.45) is 0.845. The maximum atomic E-state index is 9.25. The van der Waals surface area contributed by atoms with Gasteiger partial charge in [0.15, 0.2) is 0 Å². The number of nitrogens with zero attached hydrogens (tertiary/aromatic N) is 1. The predicted octanol–water partition coefficient (Wildman–Crippen LogP) is 3.74. The van der Waals surface area contributed by atoms with Gasteiger partial charge in [0.25, 0.3) is 0 Å². The van der Waals surface area contributed by atoms with E-state index in [9.17, 15) is 5.26 Å². The number of nitrogens with one attached hydrogen (secondary N) is 1. The first-order chi connectivity index (χ1) is 7.45. The molecule has 1 atom stereocenters. The van der Waals surface area contributed by atoms with Crippen LogP contribution in [0.3, 0.4) is 0 Å². The third kappa shape index (κ3) is 3.58. The molecule has 2 heteroatoms. The van der Waals surface area contributed by atoms with Crippen molar-refractivity contribution in [2.75, 3.05) is 5.32 Å². The van der Waals surface area contributed by atoms with E-state index in [4.69, 9.17) is 0 Å². The molecule has 0 radical (unpaired) electrons. The van der Waals surface area contributed by atoms with Gasteiger partial charge in [-0.2, -0.15) is 5.26 Å². The van der Waals surface area contributed by atoms with Crippen LogP contribution in [-0.2, 0) is 0 Å². The Morgan fingerprint density at radius 2 is 2.12 bits per heavy atom. The molecule has 0 heterocycles. The molecule has 1 aromatic rings. The van der Waals surface area contributed by atoms with Crippen LogP contribution in [0.4, 0.5) is 5.69 Å². The SMILES string of the molecule is Cc1cccc(NC(C)(C#N)CC(C)C)c1. The van der Waals surface area contributed by atoms with Crippen molar-refractivity contribution in [3.8, 4) is 6.07 Å². The van der Waals surface area contributed by atoms with Gasteiger partial charge in [-0.3, -0.25) is 0 Å². The van der Waals surface area contributed by atoms with E-state index < -0.39 is 5.54 Å². The Bertz CT molecular complexity index is 390. The first kappa shape index (κ1) is 12.6. The molecule has 0 aliphatic carbocycles. The molecule has 0 aliphatic heterocycles. The summed E-state index contributed by atoms with van der Waals surface area (Å²) in [4.78, 5) is 0. The Morgan fingerprint density at radius 3 is 2.62 bits per heavy atom. The molecule has 16 heavy (non-hydrogen) atoms. The van der Waals surface area contributed by atoms with Crippen LogP contribution in [0.15, 0.2) is 24.3 Å². The van der Waals surface area contributed by atoms with Crippen LogP contribution >= 0.6 is 0 Å². The largest absolute Gasteiger partial charge is 0.368 e. The summed E-state index contributed by atoms with van der Waals surface area (Å²) in [5.41, 5.74) is 1.74. The van der Waals surface area contributed by atoms with Crippen molar-refractivity contribution in [1.82, 2.24) is 0 Å². The van der Waals surface area contributed by atoms with Crippen molar-refractivity contribution in [2.45, 2.75) is 39.7 Å². The van der Waals surface area contributed by atoms with E-state index in [0.717, 1.165) is 12.1 Å². The van der Waals surface area contributed by atoms with Crippen LogP contribution in [0.1, 0.15) is 32.8 Å². The van der Waals surface area contributed by atoms with Gasteiger partial charge in [-0.15, -0.1) is 0 Å².